The zero-order valence-corrected chi connectivity index (χ0v) is 19.0. The molecule has 0 radical (unpaired) electrons. The molecule has 1 atom stereocenters. The van der Waals surface area contributed by atoms with Gasteiger partial charge in [-0.2, -0.15) is 4.98 Å². The fourth-order valence-electron chi connectivity index (χ4n) is 3.06. The van der Waals surface area contributed by atoms with Crippen molar-refractivity contribution in [3.63, 3.8) is 0 Å². The van der Waals surface area contributed by atoms with Crippen molar-refractivity contribution in [2.75, 3.05) is 18.2 Å². The molecule has 4 rings (SSSR count). The second-order valence-corrected chi connectivity index (χ2v) is 8.69. The minimum atomic E-state index is -0.576. The average Bonchev–Trinajstić information content (AvgIpc) is 2.90. The van der Waals surface area contributed by atoms with Crippen LogP contribution in [0, 0.1) is 0 Å². The van der Waals surface area contributed by atoms with Gasteiger partial charge in [-0.1, -0.05) is 41.0 Å². The fraction of sp³-hybridized carbons (Fsp3) is 0.286. The van der Waals surface area contributed by atoms with Gasteiger partial charge in [0.15, 0.2) is 23.4 Å². The molecule has 0 saturated heterocycles. The minimum absolute atomic E-state index is 0.0394. The van der Waals surface area contributed by atoms with Gasteiger partial charge in [-0.25, -0.2) is 0 Å². The van der Waals surface area contributed by atoms with Crippen molar-refractivity contribution >= 4 is 33.4 Å². The number of anilines is 1. The third kappa shape index (κ3) is 4.32. The Morgan fingerprint density at radius 1 is 1.23 bits per heavy atom. The van der Waals surface area contributed by atoms with Crippen LogP contribution < -0.4 is 14.8 Å². The molecule has 9 heteroatoms. The highest BCUT2D eigenvalue weighted by Gasteiger charge is 2.27. The molecule has 0 amide bonds. The molecule has 0 saturated carbocycles. The summed E-state index contributed by atoms with van der Waals surface area (Å²) >= 11 is 5.08. The Kier molecular flexibility index (Phi) is 6.29. The van der Waals surface area contributed by atoms with E-state index in [1.807, 2.05) is 24.3 Å². The van der Waals surface area contributed by atoms with Gasteiger partial charge in [0.1, 0.15) is 0 Å². The molecule has 7 nitrogen and oxygen atoms in total. The van der Waals surface area contributed by atoms with Crippen LogP contribution in [0.3, 0.4) is 0 Å². The third-order valence-corrected chi connectivity index (χ3v) is 6.04. The lowest BCUT2D eigenvalue weighted by Crippen LogP contribution is -2.17. The van der Waals surface area contributed by atoms with Crippen molar-refractivity contribution in [3.8, 4) is 28.6 Å². The summed E-state index contributed by atoms with van der Waals surface area (Å²) in [5.41, 5.74) is 2.97. The molecule has 3 aromatic rings. The Hall–Kier alpha value is -2.52. The largest absolute Gasteiger partial charge is 0.504 e. The lowest BCUT2D eigenvalue weighted by molar-refractivity contribution is 0.224. The summed E-state index contributed by atoms with van der Waals surface area (Å²) in [5.74, 6) is 1.76. The van der Waals surface area contributed by atoms with E-state index in [1.165, 1.54) is 7.11 Å². The number of hydrogen-bond acceptors (Lipinski definition) is 8. The smallest absolute Gasteiger partial charge is 0.247 e. The van der Waals surface area contributed by atoms with E-state index in [4.69, 9.17) is 9.47 Å². The maximum absolute atomic E-state index is 10.2. The maximum atomic E-state index is 10.2. The van der Waals surface area contributed by atoms with Crippen LogP contribution in [0.25, 0.3) is 11.3 Å². The number of hydrogen-bond donors (Lipinski definition) is 2. The summed E-state index contributed by atoms with van der Waals surface area (Å²) in [6.07, 6.45) is 1.61. The minimum Gasteiger partial charge on any atom is -0.504 e. The molecule has 2 aromatic carbocycles. The van der Waals surface area contributed by atoms with Crippen LogP contribution >= 0.6 is 27.7 Å². The van der Waals surface area contributed by atoms with E-state index in [1.54, 1.807) is 23.9 Å². The van der Waals surface area contributed by atoms with E-state index in [0.29, 0.717) is 22.5 Å². The van der Waals surface area contributed by atoms with E-state index >= 15 is 0 Å². The Morgan fingerprint density at radius 3 is 2.87 bits per heavy atom. The summed E-state index contributed by atoms with van der Waals surface area (Å²) in [7, 11) is 1.51. The van der Waals surface area contributed by atoms with Gasteiger partial charge in [0.2, 0.25) is 11.0 Å². The number of ether oxygens (including phenoxy) is 2. The van der Waals surface area contributed by atoms with Crippen LogP contribution in [0.15, 0.2) is 46.0 Å². The lowest BCUT2D eigenvalue weighted by Gasteiger charge is -2.20. The van der Waals surface area contributed by atoms with Gasteiger partial charge in [0, 0.05) is 27.0 Å². The Labute approximate surface area is 187 Å². The Bertz CT molecular complexity index is 1070. The fourth-order valence-corrected chi connectivity index (χ4v) is 4.28. The van der Waals surface area contributed by atoms with Crippen molar-refractivity contribution in [3.05, 3.63) is 46.4 Å². The second kappa shape index (κ2) is 9.09. The maximum Gasteiger partial charge on any atom is 0.247 e. The summed E-state index contributed by atoms with van der Waals surface area (Å²) in [6.45, 7) is 2.15. The zero-order valence-electron chi connectivity index (χ0n) is 16.6. The number of methoxy groups -OCH3 is 1. The van der Waals surface area contributed by atoms with E-state index < -0.39 is 6.23 Å². The average molecular weight is 489 g/mol. The SMILES string of the molecule is CCCCSc1nnc2c(n1)OC(c1ccc(OC)c(O)c1)Nc1ccc(Br)cc1-2. The molecular formula is C21H21BrN4O3S. The molecule has 1 aliphatic rings. The molecule has 30 heavy (non-hydrogen) atoms. The second-order valence-electron chi connectivity index (χ2n) is 6.71. The predicted octanol–water partition coefficient (Wildman–Crippen LogP) is 5.41. The molecular weight excluding hydrogens is 468 g/mol. The monoisotopic (exact) mass is 488 g/mol. The van der Waals surface area contributed by atoms with Crippen LogP contribution in [0.4, 0.5) is 5.69 Å². The molecule has 1 aromatic heterocycles. The first-order chi connectivity index (χ1) is 14.6. The summed E-state index contributed by atoms with van der Waals surface area (Å²) in [6, 6.07) is 11.0. The molecule has 156 valence electrons. The van der Waals surface area contributed by atoms with Gasteiger partial charge < -0.3 is 19.9 Å². The number of benzene rings is 2. The molecule has 0 fully saturated rings. The van der Waals surface area contributed by atoms with Crippen LogP contribution in [0.2, 0.25) is 0 Å². The number of aromatic nitrogens is 3. The van der Waals surface area contributed by atoms with Crippen molar-refractivity contribution in [1.82, 2.24) is 15.2 Å². The molecule has 1 aliphatic heterocycles. The first-order valence-electron chi connectivity index (χ1n) is 9.56. The number of thioether (sulfide) groups is 1. The van der Waals surface area contributed by atoms with Crippen LogP contribution in [-0.4, -0.2) is 33.2 Å². The molecule has 2 heterocycles. The quantitative estimate of drug-likeness (QED) is 0.351. The van der Waals surface area contributed by atoms with Gasteiger partial charge in [-0.05, 0) is 42.8 Å². The number of fused-ring (bicyclic) bond motifs is 3. The van der Waals surface area contributed by atoms with Crippen LogP contribution in [0.1, 0.15) is 31.6 Å². The normalized spacial score (nSPS) is 14.7. The Morgan fingerprint density at radius 2 is 2.10 bits per heavy atom. The topological polar surface area (TPSA) is 89.4 Å². The number of nitrogens with one attached hydrogen (secondary N) is 1. The zero-order chi connectivity index (χ0) is 21.1. The van der Waals surface area contributed by atoms with E-state index in [0.717, 1.165) is 39.9 Å². The summed E-state index contributed by atoms with van der Waals surface area (Å²) < 4.78 is 12.3. The highest BCUT2D eigenvalue weighted by Crippen LogP contribution is 2.41. The number of phenolic OH excluding ortho intramolecular Hbond substituents is 1. The van der Waals surface area contributed by atoms with Gasteiger partial charge >= 0.3 is 0 Å². The highest BCUT2D eigenvalue weighted by molar-refractivity contribution is 9.10. The first kappa shape index (κ1) is 20.7. The standard InChI is InChI=1S/C21H21BrN4O3S/c1-3-4-9-30-21-24-20-18(25-26-21)14-11-13(22)6-7-15(14)23-19(29-20)12-5-8-17(28-2)16(27)10-12/h5-8,10-11,19,23,27H,3-4,9H2,1-2H3. The summed E-state index contributed by atoms with van der Waals surface area (Å²) in [4.78, 5) is 4.63. The van der Waals surface area contributed by atoms with Gasteiger partial charge in [-0.15, -0.1) is 10.2 Å². The third-order valence-electron chi connectivity index (χ3n) is 4.62. The Balaban J connectivity index is 1.76. The van der Waals surface area contributed by atoms with Crippen molar-refractivity contribution in [1.29, 1.82) is 0 Å². The van der Waals surface area contributed by atoms with Crippen molar-refractivity contribution < 1.29 is 14.6 Å². The predicted molar refractivity (Wildman–Crippen MR) is 120 cm³/mol. The van der Waals surface area contributed by atoms with E-state index in [9.17, 15) is 5.11 Å². The molecule has 0 spiro atoms. The number of phenols is 1. The highest BCUT2D eigenvalue weighted by atomic mass is 79.9. The van der Waals surface area contributed by atoms with Gasteiger partial charge in [0.05, 0.1) is 7.11 Å². The molecule has 0 bridgehead atoms. The summed E-state index contributed by atoms with van der Waals surface area (Å²) in [5, 5.41) is 22.9. The number of halogens is 1. The number of nitrogens with zero attached hydrogens (tertiary/aromatic N) is 3. The van der Waals surface area contributed by atoms with Crippen molar-refractivity contribution in [2.24, 2.45) is 0 Å². The lowest BCUT2D eigenvalue weighted by atomic mass is 10.1. The van der Waals surface area contributed by atoms with Gasteiger partial charge in [0.25, 0.3) is 0 Å². The van der Waals surface area contributed by atoms with Crippen LogP contribution in [0.5, 0.6) is 17.4 Å². The molecule has 1 unspecified atom stereocenters. The van der Waals surface area contributed by atoms with Gasteiger partial charge in [-0.3, -0.25) is 0 Å². The van der Waals surface area contributed by atoms with E-state index in [2.05, 4.69) is 43.4 Å². The van der Waals surface area contributed by atoms with Crippen molar-refractivity contribution in [2.45, 2.75) is 31.1 Å². The molecule has 0 aliphatic carbocycles. The number of rotatable bonds is 6. The van der Waals surface area contributed by atoms with E-state index in [-0.39, 0.29) is 5.75 Å². The number of unbranched alkanes of at least 4 members (excludes halogenated alkanes) is 1. The first-order valence-corrected chi connectivity index (χ1v) is 11.3. The number of aromatic hydroxyl groups is 1. The molecule has 2 N–H and O–H groups in total. The van der Waals surface area contributed by atoms with Crippen LogP contribution in [-0.2, 0) is 0 Å².